The Hall–Kier alpha value is -2.14. The number of aliphatic carboxylic acids is 1. The molecule has 0 aliphatic heterocycles. The Morgan fingerprint density at radius 3 is 2.86 bits per heavy atom. The van der Waals surface area contributed by atoms with Crippen molar-refractivity contribution in [1.82, 2.24) is 9.38 Å². The van der Waals surface area contributed by atoms with E-state index >= 15 is 0 Å². The normalized spacial score (nSPS) is 12.4. The van der Waals surface area contributed by atoms with Gasteiger partial charge in [-0.3, -0.25) is 4.79 Å². The molecule has 21 heavy (non-hydrogen) atoms. The molecule has 3 aromatic rings. The van der Waals surface area contributed by atoms with Gasteiger partial charge in [-0.15, -0.1) is 0 Å². The molecule has 4 nitrogen and oxygen atoms in total. The van der Waals surface area contributed by atoms with E-state index in [9.17, 15) is 9.90 Å². The SMILES string of the molecule is O=C(O)C(Cc1cccc(Br)c1)c1cccc2nccn12. The Bertz CT molecular complexity index is 798. The van der Waals surface area contributed by atoms with Gasteiger partial charge in [0.1, 0.15) is 11.6 Å². The van der Waals surface area contributed by atoms with Crippen LogP contribution in [0.2, 0.25) is 0 Å². The van der Waals surface area contributed by atoms with E-state index in [0.29, 0.717) is 6.42 Å². The molecule has 0 amide bonds. The number of rotatable bonds is 4. The van der Waals surface area contributed by atoms with Gasteiger partial charge in [0.25, 0.3) is 0 Å². The highest BCUT2D eigenvalue weighted by molar-refractivity contribution is 9.10. The summed E-state index contributed by atoms with van der Waals surface area (Å²) in [6.45, 7) is 0. The van der Waals surface area contributed by atoms with Crippen molar-refractivity contribution in [3.05, 3.63) is 70.6 Å². The smallest absolute Gasteiger partial charge is 0.312 e. The lowest BCUT2D eigenvalue weighted by atomic mass is 9.95. The Balaban J connectivity index is 2.02. The predicted molar refractivity (Wildman–Crippen MR) is 83.4 cm³/mol. The molecule has 0 aliphatic rings. The van der Waals surface area contributed by atoms with Crippen LogP contribution in [0.25, 0.3) is 5.65 Å². The summed E-state index contributed by atoms with van der Waals surface area (Å²) >= 11 is 3.42. The molecule has 0 fully saturated rings. The van der Waals surface area contributed by atoms with E-state index in [0.717, 1.165) is 21.4 Å². The van der Waals surface area contributed by atoms with Crippen LogP contribution in [0.5, 0.6) is 0 Å². The van der Waals surface area contributed by atoms with Gasteiger partial charge in [0.2, 0.25) is 0 Å². The lowest BCUT2D eigenvalue weighted by molar-refractivity contribution is -0.138. The van der Waals surface area contributed by atoms with Crippen LogP contribution >= 0.6 is 15.9 Å². The molecule has 0 saturated heterocycles. The summed E-state index contributed by atoms with van der Waals surface area (Å²) in [5.74, 6) is -1.45. The van der Waals surface area contributed by atoms with E-state index < -0.39 is 11.9 Å². The van der Waals surface area contributed by atoms with Crippen molar-refractivity contribution in [3.8, 4) is 0 Å². The molecule has 0 bridgehead atoms. The third kappa shape index (κ3) is 2.83. The van der Waals surface area contributed by atoms with E-state index in [1.807, 2.05) is 46.9 Å². The minimum atomic E-state index is -0.837. The van der Waals surface area contributed by atoms with Crippen LogP contribution in [-0.4, -0.2) is 20.5 Å². The van der Waals surface area contributed by atoms with Crippen LogP contribution in [0.15, 0.2) is 59.3 Å². The molecule has 1 atom stereocenters. The molecule has 1 aromatic carbocycles. The van der Waals surface area contributed by atoms with Crippen molar-refractivity contribution in [2.75, 3.05) is 0 Å². The molecular weight excluding hydrogens is 332 g/mol. The number of carboxylic acids is 1. The number of nitrogens with zero attached hydrogens (tertiary/aromatic N) is 2. The third-order valence-corrected chi connectivity index (χ3v) is 3.94. The van der Waals surface area contributed by atoms with Gasteiger partial charge in [-0.05, 0) is 36.2 Å². The highest BCUT2D eigenvalue weighted by Gasteiger charge is 2.23. The number of carbonyl (C=O) groups is 1. The Morgan fingerprint density at radius 1 is 1.29 bits per heavy atom. The van der Waals surface area contributed by atoms with E-state index in [-0.39, 0.29) is 0 Å². The average molecular weight is 345 g/mol. The second-order valence-electron chi connectivity index (χ2n) is 4.83. The predicted octanol–water partition coefficient (Wildman–Crippen LogP) is 3.51. The largest absolute Gasteiger partial charge is 0.481 e. The first kappa shape index (κ1) is 13.8. The number of imidazole rings is 1. The Labute approximate surface area is 130 Å². The van der Waals surface area contributed by atoms with E-state index in [2.05, 4.69) is 20.9 Å². The molecule has 5 heteroatoms. The zero-order chi connectivity index (χ0) is 14.8. The summed E-state index contributed by atoms with van der Waals surface area (Å²) in [6.07, 6.45) is 3.91. The monoisotopic (exact) mass is 344 g/mol. The molecule has 106 valence electrons. The third-order valence-electron chi connectivity index (χ3n) is 3.44. The van der Waals surface area contributed by atoms with Crippen molar-refractivity contribution in [1.29, 1.82) is 0 Å². The lowest BCUT2D eigenvalue weighted by Crippen LogP contribution is -2.17. The van der Waals surface area contributed by atoms with E-state index in [1.165, 1.54) is 0 Å². The summed E-state index contributed by atoms with van der Waals surface area (Å²) < 4.78 is 2.78. The Morgan fingerprint density at radius 2 is 2.10 bits per heavy atom. The number of fused-ring (bicyclic) bond motifs is 1. The highest BCUT2D eigenvalue weighted by Crippen LogP contribution is 2.24. The number of hydrogen-bond donors (Lipinski definition) is 1. The minimum absolute atomic E-state index is 0.437. The molecule has 2 aromatic heterocycles. The minimum Gasteiger partial charge on any atom is -0.481 e. The number of aromatic nitrogens is 2. The lowest BCUT2D eigenvalue weighted by Gasteiger charge is -2.15. The van der Waals surface area contributed by atoms with Gasteiger partial charge in [0.15, 0.2) is 0 Å². The summed E-state index contributed by atoms with van der Waals surface area (Å²) in [5, 5.41) is 9.61. The second-order valence-corrected chi connectivity index (χ2v) is 5.75. The summed E-state index contributed by atoms with van der Waals surface area (Å²) in [5.41, 5.74) is 2.47. The van der Waals surface area contributed by atoms with E-state index in [4.69, 9.17) is 0 Å². The molecule has 1 unspecified atom stereocenters. The van der Waals surface area contributed by atoms with Crippen LogP contribution in [0.3, 0.4) is 0 Å². The summed E-state index contributed by atoms with van der Waals surface area (Å²) in [6, 6.07) is 13.3. The maximum atomic E-state index is 11.7. The highest BCUT2D eigenvalue weighted by atomic mass is 79.9. The number of carboxylic acid groups (broad SMARTS) is 1. The van der Waals surface area contributed by atoms with E-state index in [1.54, 1.807) is 12.4 Å². The summed E-state index contributed by atoms with van der Waals surface area (Å²) in [4.78, 5) is 15.9. The topological polar surface area (TPSA) is 54.6 Å². The van der Waals surface area contributed by atoms with Gasteiger partial charge in [-0.25, -0.2) is 4.98 Å². The molecular formula is C16H13BrN2O2. The van der Waals surface area contributed by atoms with Gasteiger partial charge < -0.3 is 9.51 Å². The van der Waals surface area contributed by atoms with Crippen LogP contribution in [0, 0.1) is 0 Å². The first-order valence-electron chi connectivity index (χ1n) is 6.54. The second kappa shape index (κ2) is 5.69. The zero-order valence-corrected chi connectivity index (χ0v) is 12.7. The van der Waals surface area contributed by atoms with Gasteiger partial charge >= 0.3 is 5.97 Å². The first-order valence-corrected chi connectivity index (χ1v) is 7.33. The van der Waals surface area contributed by atoms with Crippen LogP contribution < -0.4 is 0 Å². The number of halogens is 1. The molecule has 3 rings (SSSR count). The average Bonchev–Trinajstić information content (AvgIpc) is 2.93. The van der Waals surface area contributed by atoms with Crippen molar-refractivity contribution < 1.29 is 9.90 Å². The van der Waals surface area contributed by atoms with Gasteiger partial charge in [0, 0.05) is 22.6 Å². The standard InChI is InChI=1S/C16H13BrN2O2/c17-12-4-1-3-11(9-12)10-13(16(20)21)14-5-2-6-15-18-7-8-19(14)15/h1-9,13H,10H2,(H,20,21). The molecule has 1 N–H and O–H groups in total. The Kier molecular flexibility index (Phi) is 3.75. The van der Waals surface area contributed by atoms with Crippen molar-refractivity contribution in [3.63, 3.8) is 0 Å². The fourth-order valence-corrected chi connectivity index (χ4v) is 2.92. The fourth-order valence-electron chi connectivity index (χ4n) is 2.47. The van der Waals surface area contributed by atoms with Crippen LogP contribution in [0.1, 0.15) is 17.2 Å². The fraction of sp³-hybridized carbons (Fsp3) is 0.125. The first-order chi connectivity index (χ1) is 10.1. The molecule has 0 spiro atoms. The maximum absolute atomic E-state index is 11.7. The zero-order valence-electron chi connectivity index (χ0n) is 11.1. The van der Waals surface area contributed by atoms with Gasteiger partial charge in [-0.2, -0.15) is 0 Å². The van der Waals surface area contributed by atoms with Gasteiger partial charge in [-0.1, -0.05) is 34.1 Å². The molecule has 0 saturated carbocycles. The molecule has 0 aliphatic carbocycles. The van der Waals surface area contributed by atoms with Crippen molar-refractivity contribution in [2.24, 2.45) is 0 Å². The number of pyridine rings is 1. The van der Waals surface area contributed by atoms with Gasteiger partial charge in [0.05, 0.1) is 0 Å². The number of benzene rings is 1. The van der Waals surface area contributed by atoms with Crippen molar-refractivity contribution >= 4 is 27.5 Å². The number of hydrogen-bond acceptors (Lipinski definition) is 2. The van der Waals surface area contributed by atoms with Crippen LogP contribution in [0.4, 0.5) is 0 Å². The molecule has 2 heterocycles. The summed E-state index contributed by atoms with van der Waals surface area (Å²) in [7, 11) is 0. The van der Waals surface area contributed by atoms with Crippen molar-refractivity contribution in [2.45, 2.75) is 12.3 Å². The van der Waals surface area contributed by atoms with Crippen LogP contribution in [-0.2, 0) is 11.2 Å². The maximum Gasteiger partial charge on any atom is 0.312 e. The molecule has 0 radical (unpaired) electrons. The quantitative estimate of drug-likeness (QED) is 0.787.